The molecule has 2 unspecified atom stereocenters. The lowest BCUT2D eigenvalue weighted by Crippen LogP contribution is -2.30. The van der Waals surface area contributed by atoms with E-state index < -0.39 is 12.3 Å². The van der Waals surface area contributed by atoms with E-state index in [1.54, 1.807) is 0 Å². The van der Waals surface area contributed by atoms with Crippen LogP contribution in [0, 0.1) is 0 Å². The lowest BCUT2D eigenvalue weighted by Gasteiger charge is -2.36. The first-order chi connectivity index (χ1) is 8.16. The van der Waals surface area contributed by atoms with Gasteiger partial charge in [0.2, 0.25) is 0 Å². The Bertz CT molecular complexity index is 292. The lowest BCUT2D eigenvalue weighted by atomic mass is 9.98. The van der Waals surface area contributed by atoms with Crippen LogP contribution in [0.25, 0.3) is 0 Å². The maximum atomic E-state index is 10.3. The third-order valence-electron chi connectivity index (χ3n) is 3.69. The zero-order valence-electron chi connectivity index (χ0n) is 12.7. The van der Waals surface area contributed by atoms with Crippen LogP contribution in [0.4, 0.5) is 0 Å². The molecule has 1 N–H and O–H groups in total. The van der Waals surface area contributed by atoms with E-state index in [4.69, 9.17) is 20.9 Å². The molecule has 0 aliphatic rings. The highest BCUT2D eigenvalue weighted by Gasteiger charge is 2.35. The van der Waals surface area contributed by atoms with E-state index in [9.17, 15) is 4.89 Å². The highest BCUT2D eigenvalue weighted by molar-refractivity contribution is 8.07. The minimum absolute atomic E-state index is 0.387. The summed E-state index contributed by atoms with van der Waals surface area (Å²) in [6.45, 7) is 8.99. The fourth-order valence-corrected chi connectivity index (χ4v) is 4.48. The average Bonchev–Trinajstić information content (AvgIpc) is 2.27. The molecule has 0 aromatic heterocycles. The predicted octanol–water partition coefficient (Wildman–Crippen LogP) is 4.78. The summed E-state index contributed by atoms with van der Waals surface area (Å²) in [6, 6.07) is 0. The summed E-state index contributed by atoms with van der Waals surface area (Å²) in [7, 11) is 0. The van der Waals surface area contributed by atoms with Crippen molar-refractivity contribution in [1.82, 2.24) is 0 Å². The lowest BCUT2D eigenvalue weighted by molar-refractivity contribution is 0.00260. The number of rotatable bonds is 9. The Morgan fingerprint density at radius 3 is 1.67 bits per heavy atom. The van der Waals surface area contributed by atoms with Crippen LogP contribution in [0.5, 0.6) is 0 Å². The van der Waals surface area contributed by atoms with Crippen LogP contribution < -0.4 is 0 Å². The molecule has 0 heterocycles. The summed E-state index contributed by atoms with van der Waals surface area (Å²) in [5, 5.41) is 0. The average molecular weight is 296 g/mol. The molecule has 5 heteroatoms. The quantitative estimate of drug-likeness (QED) is 0.621. The van der Waals surface area contributed by atoms with E-state index in [1.807, 2.05) is 34.6 Å². The Kier molecular flexibility index (Phi) is 7.57. The Morgan fingerprint density at radius 1 is 0.944 bits per heavy atom. The molecule has 0 saturated carbocycles. The number of hydrogen-bond donors (Lipinski definition) is 1. The highest BCUT2D eigenvalue weighted by Crippen LogP contribution is 2.53. The van der Waals surface area contributed by atoms with Gasteiger partial charge in [0.15, 0.2) is 0 Å². The summed E-state index contributed by atoms with van der Waals surface area (Å²) in [5.41, 5.74) is -0.785. The molecule has 110 valence electrons. The predicted molar refractivity (Wildman–Crippen MR) is 81.3 cm³/mol. The molecule has 0 fully saturated rings. The topological polar surface area (TPSA) is 38.7 Å². The fourth-order valence-electron chi connectivity index (χ4n) is 1.77. The molecular weight excluding hydrogens is 267 g/mol. The van der Waals surface area contributed by atoms with Gasteiger partial charge >= 0.3 is 6.72 Å². The van der Waals surface area contributed by atoms with Gasteiger partial charge in [-0.15, -0.1) is 0 Å². The Labute approximate surface area is 118 Å². The van der Waals surface area contributed by atoms with Crippen molar-refractivity contribution >= 4 is 18.5 Å². The first-order valence-corrected chi connectivity index (χ1v) is 9.49. The zero-order chi connectivity index (χ0) is 14.4. The summed E-state index contributed by atoms with van der Waals surface area (Å²) < 4.78 is 11.5. The third-order valence-corrected chi connectivity index (χ3v) is 5.48. The fraction of sp³-hybridized carbons (Fsp3) is 1.00. The van der Waals surface area contributed by atoms with Gasteiger partial charge in [0.05, 0.1) is 11.2 Å². The molecule has 0 aliphatic carbocycles. The molecule has 0 saturated heterocycles. The van der Waals surface area contributed by atoms with Gasteiger partial charge in [0, 0.05) is 0 Å². The van der Waals surface area contributed by atoms with Crippen molar-refractivity contribution in [1.29, 1.82) is 0 Å². The molecule has 0 bridgehead atoms. The van der Waals surface area contributed by atoms with Gasteiger partial charge in [-0.3, -0.25) is 0 Å². The van der Waals surface area contributed by atoms with Crippen molar-refractivity contribution in [3.8, 4) is 0 Å². The van der Waals surface area contributed by atoms with Crippen LogP contribution in [-0.2, 0) is 20.9 Å². The molecular formula is C13H29O3PS. The van der Waals surface area contributed by atoms with Crippen LogP contribution >= 0.6 is 6.72 Å². The molecule has 0 aromatic rings. The van der Waals surface area contributed by atoms with Crippen molar-refractivity contribution in [3.05, 3.63) is 0 Å². The molecule has 0 rings (SSSR count). The second kappa shape index (κ2) is 7.35. The van der Waals surface area contributed by atoms with Gasteiger partial charge in [-0.05, 0) is 51.3 Å². The normalized spacial score (nSPS) is 19.3. The summed E-state index contributed by atoms with van der Waals surface area (Å²) in [6.07, 6.45) is 4.31. The van der Waals surface area contributed by atoms with Gasteiger partial charge in [-0.1, -0.05) is 34.1 Å². The van der Waals surface area contributed by atoms with Crippen LogP contribution in [0.3, 0.4) is 0 Å². The Hall–Kier alpha value is 0.530. The molecule has 18 heavy (non-hydrogen) atoms. The van der Waals surface area contributed by atoms with Crippen molar-refractivity contribution in [2.75, 3.05) is 0 Å². The monoisotopic (exact) mass is 296 g/mol. The minimum atomic E-state index is -3.18. The summed E-state index contributed by atoms with van der Waals surface area (Å²) >= 11 is 5.17. The highest BCUT2D eigenvalue weighted by atomic mass is 32.5. The van der Waals surface area contributed by atoms with Gasteiger partial charge in [0.25, 0.3) is 0 Å². The molecule has 0 aromatic carbocycles. The minimum Gasteiger partial charge on any atom is -0.324 e. The van der Waals surface area contributed by atoms with Crippen LogP contribution in [0.2, 0.25) is 0 Å². The first kappa shape index (κ1) is 18.5. The molecule has 2 atom stereocenters. The van der Waals surface area contributed by atoms with Gasteiger partial charge < -0.3 is 13.9 Å². The second-order valence-corrected chi connectivity index (χ2v) is 8.05. The largest absolute Gasteiger partial charge is 0.325 e. The summed E-state index contributed by atoms with van der Waals surface area (Å²) in [5.74, 6) is 0. The summed E-state index contributed by atoms with van der Waals surface area (Å²) in [4.78, 5) is 10.3. The maximum absolute atomic E-state index is 10.3. The molecule has 0 spiro atoms. The molecule has 0 radical (unpaired) electrons. The van der Waals surface area contributed by atoms with E-state index in [0.29, 0.717) is 0 Å². The van der Waals surface area contributed by atoms with Crippen molar-refractivity contribution in [2.45, 2.75) is 84.8 Å². The van der Waals surface area contributed by atoms with E-state index in [0.717, 1.165) is 32.1 Å². The van der Waals surface area contributed by atoms with E-state index in [1.165, 1.54) is 0 Å². The van der Waals surface area contributed by atoms with Crippen molar-refractivity contribution < 1.29 is 13.9 Å². The van der Waals surface area contributed by atoms with E-state index in [2.05, 4.69) is 6.92 Å². The van der Waals surface area contributed by atoms with Crippen molar-refractivity contribution in [3.63, 3.8) is 0 Å². The smallest absolute Gasteiger partial charge is 0.324 e. The second-order valence-electron chi connectivity index (χ2n) is 5.36. The van der Waals surface area contributed by atoms with Gasteiger partial charge in [-0.2, -0.15) is 0 Å². The van der Waals surface area contributed by atoms with Gasteiger partial charge in [-0.25, -0.2) is 0 Å². The molecule has 0 aliphatic heterocycles. The van der Waals surface area contributed by atoms with Crippen LogP contribution in [0.15, 0.2) is 0 Å². The molecule has 0 amide bonds. The van der Waals surface area contributed by atoms with Crippen LogP contribution in [0.1, 0.15) is 73.6 Å². The van der Waals surface area contributed by atoms with Crippen molar-refractivity contribution in [2.24, 2.45) is 0 Å². The number of hydrogen-bond acceptors (Lipinski definition) is 3. The third kappa shape index (κ3) is 6.12. The maximum Gasteiger partial charge on any atom is 0.325 e. The standard InChI is InChI=1S/C13H29O3PS/c1-7-11-13(6,10-4)16-17(14,18)15-12(5,8-2)9-3/h7-11H2,1-6H3,(H,14,18). The van der Waals surface area contributed by atoms with E-state index >= 15 is 0 Å². The Morgan fingerprint density at radius 2 is 1.33 bits per heavy atom. The first-order valence-electron chi connectivity index (χ1n) is 6.90. The van der Waals surface area contributed by atoms with Crippen LogP contribution in [-0.4, -0.2) is 16.1 Å². The Balaban J connectivity index is 4.79. The SMILES string of the molecule is CCCC(C)(CC)OP(O)(=S)OC(C)(CC)CC. The van der Waals surface area contributed by atoms with Gasteiger partial charge in [0.1, 0.15) is 0 Å². The molecule has 3 nitrogen and oxygen atoms in total. The van der Waals surface area contributed by atoms with E-state index in [-0.39, 0.29) is 5.60 Å². The zero-order valence-corrected chi connectivity index (χ0v) is 14.4.